The highest BCUT2D eigenvalue weighted by Crippen LogP contribution is 2.19. The van der Waals surface area contributed by atoms with Crippen LogP contribution >= 0.6 is 0 Å². The highest BCUT2D eigenvalue weighted by atomic mass is 16.5. The van der Waals surface area contributed by atoms with Gasteiger partial charge in [0.15, 0.2) is 0 Å². The van der Waals surface area contributed by atoms with Crippen LogP contribution in [0.1, 0.15) is 0 Å². The minimum atomic E-state index is 0.724. The summed E-state index contributed by atoms with van der Waals surface area (Å²) in [6.45, 7) is 0. The maximum Gasteiger partial charge on any atom is 0.146 e. The average Bonchev–Trinajstić information content (AvgIpc) is 2.17. The Morgan fingerprint density at radius 2 is 2.25 bits per heavy atom. The van der Waals surface area contributed by atoms with Crippen molar-refractivity contribution in [3.63, 3.8) is 0 Å². The number of rotatable bonds is 1. The van der Waals surface area contributed by atoms with Gasteiger partial charge in [-0.1, -0.05) is 6.07 Å². The van der Waals surface area contributed by atoms with Crippen LogP contribution in [0.2, 0.25) is 0 Å². The molecule has 0 N–H and O–H groups in total. The van der Waals surface area contributed by atoms with Gasteiger partial charge in [0, 0.05) is 0 Å². The van der Waals surface area contributed by atoms with E-state index in [0.29, 0.717) is 0 Å². The Hall–Kier alpha value is -1.71. The molecule has 60 valence electrons. The molecule has 0 aliphatic heterocycles. The number of hydrogen-bond donors (Lipinski definition) is 0. The van der Waals surface area contributed by atoms with E-state index in [2.05, 4.69) is 15.2 Å². The van der Waals surface area contributed by atoms with Crippen LogP contribution in [0.4, 0.5) is 0 Å². The topological polar surface area (TPSA) is 47.9 Å². The van der Waals surface area contributed by atoms with E-state index >= 15 is 0 Å². The van der Waals surface area contributed by atoms with E-state index in [0.717, 1.165) is 16.8 Å². The third kappa shape index (κ3) is 0.972. The summed E-state index contributed by atoms with van der Waals surface area (Å²) in [4.78, 5) is 4.05. The SMILES string of the molecule is COc1cccc2nncnc12. The van der Waals surface area contributed by atoms with E-state index in [9.17, 15) is 0 Å². The van der Waals surface area contributed by atoms with Crippen molar-refractivity contribution in [3.05, 3.63) is 24.5 Å². The number of hydrogen-bond acceptors (Lipinski definition) is 4. The lowest BCUT2D eigenvalue weighted by Gasteiger charge is -2.00. The highest BCUT2D eigenvalue weighted by Gasteiger charge is 2.00. The largest absolute Gasteiger partial charge is 0.494 e. The molecule has 0 amide bonds. The number of benzene rings is 1. The van der Waals surface area contributed by atoms with Crippen LogP contribution in [0.25, 0.3) is 11.0 Å². The summed E-state index contributed by atoms with van der Waals surface area (Å²) in [5.41, 5.74) is 1.49. The Balaban J connectivity index is 2.79. The predicted molar refractivity (Wildman–Crippen MR) is 43.9 cm³/mol. The van der Waals surface area contributed by atoms with Gasteiger partial charge in [-0.15, -0.1) is 10.2 Å². The molecule has 1 heterocycles. The minimum Gasteiger partial charge on any atom is -0.494 e. The molecule has 2 rings (SSSR count). The molecule has 0 saturated carbocycles. The first-order valence-corrected chi connectivity index (χ1v) is 3.52. The zero-order valence-electron chi connectivity index (χ0n) is 6.56. The van der Waals surface area contributed by atoms with Crippen molar-refractivity contribution >= 4 is 11.0 Å². The van der Waals surface area contributed by atoms with Crippen LogP contribution in [-0.4, -0.2) is 22.3 Å². The molecular formula is C8H7N3O. The number of para-hydroxylation sites is 1. The predicted octanol–water partition coefficient (Wildman–Crippen LogP) is 1.03. The number of aromatic nitrogens is 3. The summed E-state index contributed by atoms with van der Waals surface area (Å²) in [5, 5.41) is 7.57. The fourth-order valence-electron chi connectivity index (χ4n) is 1.06. The van der Waals surface area contributed by atoms with Gasteiger partial charge < -0.3 is 4.74 Å². The second-order valence-electron chi connectivity index (χ2n) is 2.29. The normalized spacial score (nSPS) is 10.1. The van der Waals surface area contributed by atoms with Crippen molar-refractivity contribution in [2.75, 3.05) is 7.11 Å². The molecule has 0 radical (unpaired) electrons. The highest BCUT2D eigenvalue weighted by molar-refractivity contribution is 5.79. The second-order valence-corrected chi connectivity index (χ2v) is 2.29. The minimum absolute atomic E-state index is 0.724. The Bertz CT molecular complexity index is 397. The molecule has 1 aromatic heterocycles. The van der Waals surface area contributed by atoms with Gasteiger partial charge in [-0.05, 0) is 12.1 Å². The van der Waals surface area contributed by atoms with Crippen LogP contribution in [0.5, 0.6) is 5.75 Å². The van der Waals surface area contributed by atoms with Gasteiger partial charge in [0.1, 0.15) is 23.1 Å². The molecule has 2 aromatic rings. The van der Waals surface area contributed by atoms with Crippen molar-refractivity contribution < 1.29 is 4.74 Å². The lowest BCUT2D eigenvalue weighted by Crippen LogP contribution is -1.90. The van der Waals surface area contributed by atoms with Gasteiger partial charge in [-0.2, -0.15) is 0 Å². The fraction of sp³-hybridized carbons (Fsp3) is 0.125. The molecule has 0 aliphatic rings. The first-order chi connectivity index (χ1) is 5.92. The zero-order valence-corrected chi connectivity index (χ0v) is 6.56. The smallest absolute Gasteiger partial charge is 0.146 e. The van der Waals surface area contributed by atoms with Crippen molar-refractivity contribution in [3.8, 4) is 5.75 Å². The van der Waals surface area contributed by atoms with Crippen molar-refractivity contribution in [1.82, 2.24) is 15.2 Å². The van der Waals surface area contributed by atoms with Crippen LogP contribution in [-0.2, 0) is 0 Å². The standard InChI is InChI=1S/C8H7N3O/c1-12-7-4-2-3-6-8(7)9-5-10-11-6/h2-5H,1H3. The number of fused-ring (bicyclic) bond motifs is 1. The summed E-state index contributed by atoms with van der Waals surface area (Å²) in [7, 11) is 1.61. The van der Waals surface area contributed by atoms with Gasteiger partial charge in [0.2, 0.25) is 0 Å². The molecule has 12 heavy (non-hydrogen) atoms. The van der Waals surface area contributed by atoms with E-state index in [1.54, 1.807) is 7.11 Å². The Morgan fingerprint density at radius 1 is 1.33 bits per heavy atom. The molecule has 4 nitrogen and oxygen atoms in total. The molecule has 0 aliphatic carbocycles. The van der Waals surface area contributed by atoms with Crippen LogP contribution in [0.15, 0.2) is 24.5 Å². The lowest BCUT2D eigenvalue weighted by molar-refractivity contribution is 0.418. The Labute approximate surface area is 69.2 Å². The lowest BCUT2D eigenvalue weighted by atomic mass is 10.3. The Morgan fingerprint density at radius 3 is 3.08 bits per heavy atom. The van der Waals surface area contributed by atoms with E-state index < -0.39 is 0 Å². The Kier molecular flexibility index (Phi) is 1.59. The molecule has 0 atom stereocenters. The summed E-state index contributed by atoms with van der Waals surface area (Å²) in [6.07, 6.45) is 1.41. The number of methoxy groups -OCH3 is 1. The van der Waals surface area contributed by atoms with Crippen molar-refractivity contribution in [2.24, 2.45) is 0 Å². The van der Waals surface area contributed by atoms with Crippen LogP contribution in [0, 0.1) is 0 Å². The van der Waals surface area contributed by atoms with Crippen molar-refractivity contribution in [2.45, 2.75) is 0 Å². The quantitative estimate of drug-likeness (QED) is 0.626. The summed E-state index contributed by atoms with van der Waals surface area (Å²) < 4.78 is 5.10. The van der Waals surface area contributed by atoms with Gasteiger partial charge in [-0.3, -0.25) is 0 Å². The summed E-state index contributed by atoms with van der Waals surface area (Å²) in [6, 6.07) is 5.55. The van der Waals surface area contributed by atoms with E-state index in [-0.39, 0.29) is 0 Å². The molecule has 1 aromatic carbocycles. The second kappa shape index (κ2) is 2.73. The summed E-state index contributed by atoms with van der Waals surface area (Å²) in [5.74, 6) is 0.724. The maximum absolute atomic E-state index is 5.10. The van der Waals surface area contributed by atoms with E-state index in [4.69, 9.17) is 4.74 Å². The molecular weight excluding hydrogens is 154 g/mol. The third-order valence-electron chi connectivity index (χ3n) is 1.60. The number of ether oxygens (including phenoxy) is 1. The molecule has 0 spiro atoms. The van der Waals surface area contributed by atoms with E-state index in [1.807, 2.05) is 18.2 Å². The molecule has 0 unspecified atom stereocenters. The van der Waals surface area contributed by atoms with Gasteiger partial charge in [0.05, 0.1) is 7.11 Å². The van der Waals surface area contributed by atoms with E-state index in [1.165, 1.54) is 6.33 Å². The monoisotopic (exact) mass is 161 g/mol. The first-order valence-electron chi connectivity index (χ1n) is 3.52. The zero-order chi connectivity index (χ0) is 8.39. The first kappa shape index (κ1) is 6.97. The third-order valence-corrected chi connectivity index (χ3v) is 1.60. The van der Waals surface area contributed by atoms with Crippen LogP contribution in [0.3, 0.4) is 0 Å². The van der Waals surface area contributed by atoms with Crippen LogP contribution < -0.4 is 4.74 Å². The fourth-order valence-corrected chi connectivity index (χ4v) is 1.06. The number of nitrogens with zero attached hydrogens (tertiary/aromatic N) is 3. The van der Waals surface area contributed by atoms with Gasteiger partial charge >= 0.3 is 0 Å². The average molecular weight is 161 g/mol. The molecule has 0 fully saturated rings. The van der Waals surface area contributed by atoms with Gasteiger partial charge in [0.25, 0.3) is 0 Å². The van der Waals surface area contributed by atoms with Crippen molar-refractivity contribution in [1.29, 1.82) is 0 Å². The van der Waals surface area contributed by atoms with Gasteiger partial charge in [-0.25, -0.2) is 4.98 Å². The molecule has 4 heteroatoms. The molecule has 0 saturated heterocycles. The molecule has 0 bridgehead atoms. The maximum atomic E-state index is 5.10. The summed E-state index contributed by atoms with van der Waals surface area (Å²) >= 11 is 0.